The largest absolute Gasteiger partial charge is 0.396 e. The normalized spacial score (nSPS) is 22.8. The first-order chi connectivity index (χ1) is 7.96. The van der Waals surface area contributed by atoms with Gasteiger partial charge in [-0.1, -0.05) is 26.2 Å². The summed E-state index contributed by atoms with van der Waals surface area (Å²) in [6, 6.07) is 0. The van der Waals surface area contributed by atoms with Crippen LogP contribution in [0, 0.1) is 0 Å². The number of rotatable bonds is 5. The number of nitrogens with one attached hydrogen (secondary N) is 1. The Morgan fingerprint density at radius 3 is 2.47 bits per heavy atom. The van der Waals surface area contributed by atoms with Crippen molar-refractivity contribution in [2.75, 3.05) is 6.61 Å². The lowest BCUT2D eigenvalue weighted by atomic mass is 9.81. The molecule has 1 rings (SSSR count). The van der Waals surface area contributed by atoms with Gasteiger partial charge in [0.25, 0.3) is 0 Å². The molecule has 0 aromatic heterocycles. The summed E-state index contributed by atoms with van der Waals surface area (Å²) in [7, 11) is 0. The molecule has 4 heteroatoms. The van der Waals surface area contributed by atoms with E-state index in [4.69, 9.17) is 10.8 Å². The monoisotopic (exact) mass is 242 g/mol. The molecule has 100 valence electrons. The predicted molar refractivity (Wildman–Crippen MR) is 68.5 cm³/mol. The SMILES string of the molecule is CCC(C)(CCO)NC(=O)C1(N)CCCCC1. The van der Waals surface area contributed by atoms with E-state index in [-0.39, 0.29) is 18.1 Å². The van der Waals surface area contributed by atoms with E-state index in [9.17, 15) is 4.79 Å². The lowest BCUT2D eigenvalue weighted by molar-refractivity contribution is -0.129. The molecular weight excluding hydrogens is 216 g/mol. The highest BCUT2D eigenvalue weighted by molar-refractivity contribution is 5.86. The lowest BCUT2D eigenvalue weighted by Gasteiger charge is -2.37. The molecule has 0 radical (unpaired) electrons. The van der Waals surface area contributed by atoms with Crippen molar-refractivity contribution in [3.05, 3.63) is 0 Å². The third-order valence-corrected chi connectivity index (χ3v) is 4.06. The summed E-state index contributed by atoms with van der Waals surface area (Å²) in [5, 5.41) is 12.1. The van der Waals surface area contributed by atoms with Gasteiger partial charge in [0.05, 0.1) is 5.54 Å². The molecule has 0 aromatic rings. The summed E-state index contributed by atoms with van der Waals surface area (Å²) in [5.41, 5.74) is 5.16. The second-order valence-electron chi connectivity index (χ2n) is 5.56. The first-order valence-electron chi connectivity index (χ1n) is 6.68. The molecule has 0 aliphatic heterocycles. The molecule has 1 amide bonds. The van der Waals surface area contributed by atoms with Crippen LogP contribution in [0.5, 0.6) is 0 Å². The Morgan fingerprint density at radius 1 is 1.41 bits per heavy atom. The number of aliphatic hydroxyl groups is 1. The summed E-state index contributed by atoms with van der Waals surface area (Å²) in [4.78, 5) is 12.3. The van der Waals surface area contributed by atoms with Crippen LogP contribution in [-0.2, 0) is 4.79 Å². The second kappa shape index (κ2) is 5.83. The van der Waals surface area contributed by atoms with Gasteiger partial charge in [0.15, 0.2) is 0 Å². The zero-order chi connectivity index (χ0) is 12.9. The van der Waals surface area contributed by atoms with Gasteiger partial charge in [-0.15, -0.1) is 0 Å². The number of carbonyl (C=O) groups is 1. The number of amides is 1. The molecule has 1 saturated carbocycles. The molecule has 1 unspecified atom stereocenters. The molecule has 0 bridgehead atoms. The van der Waals surface area contributed by atoms with Gasteiger partial charge < -0.3 is 16.2 Å². The van der Waals surface area contributed by atoms with Crippen molar-refractivity contribution in [3.8, 4) is 0 Å². The Labute approximate surface area is 104 Å². The van der Waals surface area contributed by atoms with Crippen LogP contribution in [0.15, 0.2) is 0 Å². The van der Waals surface area contributed by atoms with Crippen molar-refractivity contribution < 1.29 is 9.90 Å². The van der Waals surface area contributed by atoms with E-state index in [1.165, 1.54) is 6.42 Å². The van der Waals surface area contributed by atoms with Gasteiger partial charge in [-0.2, -0.15) is 0 Å². The Balaban J connectivity index is 2.63. The van der Waals surface area contributed by atoms with Crippen LogP contribution in [0.1, 0.15) is 58.8 Å². The highest BCUT2D eigenvalue weighted by atomic mass is 16.3. The fourth-order valence-electron chi connectivity index (χ4n) is 2.38. The van der Waals surface area contributed by atoms with E-state index < -0.39 is 5.54 Å². The highest BCUT2D eigenvalue weighted by Crippen LogP contribution is 2.27. The minimum Gasteiger partial charge on any atom is -0.396 e. The lowest BCUT2D eigenvalue weighted by Crippen LogP contribution is -2.60. The quantitative estimate of drug-likeness (QED) is 0.680. The van der Waals surface area contributed by atoms with E-state index in [2.05, 4.69) is 5.32 Å². The molecule has 0 aromatic carbocycles. The Morgan fingerprint density at radius 2 is 2.00 bits per heavy atom. The fraction of sp³-hybridized carbons (Fsp3) is 0.923. The molecule has 1 atom stereocenters. The van der Waals surface area contributed by atoms with Crippen molar-refractivity contribution in [1.29, 1.82) is 0 Å². The summed E-state index contributed by atoms with van der Waals surface area (Å²) in [5.74, 6) is -0.0463. The van der Waals surface area contributed by atoms with Crippen molar-refractivity contribution in [3.63, 3.8) is 0 Å². The van der Waals surface area contributed by atoms with Crippen LogP contribution in [-0.4, -0.2) is 28.7 Å². The van der Waals surface area contributed by atoms with E-state index >= 15 is 0 Å². The van der Waals surface area contributed by atoms with E-state index in [0.29, 0.717) is 6.42 Å². The third-order valence-electron chi connectivity index (χ3n) is 4.06. The van der Waals surface area contributed by atoms with Gasteiger partial charge in [-0.25, -0.2) is 0 Å². The maximum atomic E-state index is 12.3. The average molecular weight is 242 g/mol. The maximum Gasteiger partial charge on any atom is 0.240 e. The van der Waals surface area contributed by atoms with E-state index in [1.54, 1.807) is 0 Å². The van der Waals surface area contributed by atoms with Crippen LogP contribution in [0.4, 0.5) is 0 Å². The Hall–Kier alpha value is -0.610. The smallest absolute Gasteiger partial charge is 0.240 e. The van der Waals surface area contributed by atoms with Crippen LogP contribution < -0.4 is 11.1 Å². The molecule has 0 heterocycles. The van der Waals surface area contributed by atoms with Crippen molar-refractivity contribution in [2.24, 2.45) is 5.73 Å². The minimum atomic E-state index is -0.690. The summed E-state index contributed by atoms with van der Waals surface area (Å²) >= 11 is 0. The van der Waals surface area contributed by atoms with E-state index in [1.807, 2.05) is 13.8 Å². The molecule has 1 fully saturated rings. The number of hydrogen-bond acceptors (Lipinski definition) is 3. The molecule has 4 N–H and O–H groups in total. The summed E-state index contributed by atoms with van der Waals surface area (Å²) < 4.78 is 0. The van der Waals surface area contributed by atoms with Gasteiger partial charge in [0.2, 0.25) is 5.91 Å². The van der Waals surface area contributed by atoms with Crippen molar-refractivity contribution in [1.82, 2.24) is 5.32 Å². The highest BCUT2D eigenvalue weighted by Gasteiger charge is 2.38. The van der Waals surface area contributed by atoms with Gasteiger partial charge in [-0.05, 0) is 32.6 Å². The van der Waals surface area contributed by atoms with Crippen LogP contribution in [0.2, 0.25) is 0 Å². The van der Waals surface area contributed by atoms with Crippen LogP contribution in [0.3, 0.4) is 0 Å². The van der Waals surface area contributed by atoms with Gasteiger partial charge in [-0.3, -0.25) is 4.79 Å². The van der Waals surface area contributed by atoms with Crippen molar-refractivity contribution >= 4 is 5.91 Å². The zero-order valence-corrected chi connectivity index (χ0v) is 11.1. The molecular formula is C13H26N2O2. The molecule has 0 saturated heterocycles. The van der Waals surface area contributed by atoms with Crippen LogP contribution in [0.25, 0.3) is 0 Å². The number of aliphatic hydroxyl groups excluding tert-OH is 1. The first-order valence-corrected chi connectivity index (χ1v) is 6.68. The number of carbonyl (C=O) groups excluding carboxylic acids is 1. The molecule has 1 aliphatic carbocycles. The number of hydrogen-bond donors (Lipinski definition) is 3. The second-order valence-corrected chi connectivity index (χ2v) is 5.56. The average Bonchev–Trinajstić information content (AvgIpc) is 2.30. The maximum absolute atomic E-state index is 12.3. The molecule has 1 aliphatic rings. The summed E-state index contributed by atoms with van der Waals surface area (Å²) in [6.45, 7) is 4.06. The third kappa shape index (κ3) is 3.68. The molecule has 17 heavy (non-hydrogen) atoms. The Kier molecular flexibility index (Phi) is 4.95. The minimum absolute atomic E-state index is 0.0463. The fourth-order valence-corrected chi connectivity index (χ4v) is 2.38. The topological polar surface area (TPSA) is 75.3 Å². The predicted octanol–water partition coefficient (Wildman–Crippen LogP) is 1.32. The first kappa shape index (κ1) is 14.5. The van der Waals surface area contributed by atoms with Crippen LogP contribution >= 0.6 is 0 Å². The Bertz CT molecular complexity index is 262. The zero-order valence-electron chi connectivity index (χ0n) is 11.1. The number of nitrogens with two attached hydrogens (primary N) is 1. The molecule has 0 spiro atoms. The molecule has 4 nitrogen and oxygen atoms in total. The standard InChI is InChI=1S/C13H26N2O2/c1-3-12(2,9-10-16)15-11(17)13(14)7-5-4-6-8-13/h16H,3-10,14H2,1-2H3,(H,15,17). The van der Waals surface area contributed by atoms with Gasteiger partial charge in [0, 0.05) is 12.1 Å². The summed E-state index contributed by atoms with van der Waals surface area (Å²) in [6.07, 6.45) is 6.17. The van der Waals surface area contributed by atoms with Gasteiger partial charge in [0.1, 0.15) is 0 Å². The van der Waals surface area contributed by atoms with Gasteiger partial charge >= 0.3 is 0 Å². The van der Waals surface area contributed by atoms with E-state index in [0.717, 1.165) is 32.1 Å². The van der Waals surface area contributed by atoms with Crippen molar-refractivity contribution in [2.45, 2.75) is 69.9 Å².